The molecule has 0 atom stereocenters. The van der Waals surface area contributed by atoms with Crippen LogP contribution in [0.3, 0.4) is 0 Å². The van der Waals surface area contributed by atoms with Crippen LogP contribution in [0.5, 0.6) is 11.5 Å². The normalized spacial score (nSPS) is 10.9. The van der Waals surface area contributed by atoms with E-state index < -0.39 is 0 Å². The summed E-state index contributed by atoms with van der Waals surface area (Å²) in [5, 5.41) is 12.6. The monoisotopic (exact) mass is 438 g/mol. The number of hydrogen-bond acceptors (Lipinski definition) is 7. The van der Waals surface area contributed by atoms with Crippen LogP contribution in [0.15, 0.2) is 53.0 Å². The van der Waals surface area contributed by atoms with Crippen LogP contribution >= 0.6 is 23.1 Å². The topological polar surface area (TPSA) is 62.1 Å². The molecule has 4 rings (SSSR count). The fraction of sp³-hybridized carbons (Fsp3) is 0.227. The van der Waals surface area contributed by atoms with Gasteiger partial charge < -0.3 is 9.47 Å². The Bertz CT molecular complexity index is 1170. The summed E-state index contributed by atoms with van der Waals surface area (Å²) in [5.41, 5.74) is 4.30. The van der Waals surface area contributed by atoms with Crippen molar-refractivity contribution in [2.75, 3.05) is 14.2 Å². The number of nitrogens with zero attached hydrogens (tertiary/aromatic N) is 4. The minimum absolute atomic E-state index is 0.697. The Labute approximate surface area is 183 Å². The quantitative estimate of drug-likeness (QED) is 0.364. The third kappa shape index (κ3) is 4.06. The second-order valence-electron chi connectivity index (χ2n) is 6.65. The molecular weight excluding hydrogens is 416 g/mol. The lowest BCUT2D eigenvalue weighted by Gasteiger charge is -2.10. The van der Waals surface area contributed by atoms with Gasteiger partial charge >= 0.3 is 0 Å². The lowest BCUT2D eigenvalue weighted by molar-refractivity contribution is 0.355. The number of aryl methyl sites for hydroxylation is 2. The first-order valence-corrected chi connectivity index (χ1v) is 11.2. The number of thioether (sulfide) groups is 1. The van der Waals surface area contributed by atoms with Crippen LogP contribution in [0.1, 0.15) is 17.1 Å². The maximum absolute atomic E-state index is 5.41. The molecular formula is C22H22N4O2S2. The average molecular weight is 439 g/mol. The molecule has 0 bridgehead atoms. The second kappa shape index (κ2) is 8.89. The van der Waals surface area contributed by atoms with Crippen molar-refractivity contribution in [2.24, 2.45) is 0 Å². The Hall–Kier alpha value is -2.84. The molecule has 0 aliphatic carbocycles. The third-order valence-corrected chi connectivity index (χ3v) is 6.59. The molecule has 0 radical (unpaired) electrons. The van der Waals surface area contributed by atoms with E-state index in [0.29, 0.717) is 17.3 Å². The van der Waals surface area contributed by atoms with Crippen LogP contribution in [0, 0.1) is 13.8 Å². The van der Waals surface area contributed by atoms with E-state index >= 15 is 0 Å². The third-order valence-electron chi connectivity index (χ3n) is 4.68. The van der Waals surface area contributed by atoms with E-state index in [1.54, 1.807) is 37.3 Å². The molecule has 4 aromatic rings. The van der Waals surface area contributed by atoms with Crippen LogP contribution in [0.25, 0.3) is 16.3 Å². The molecule has 0 aliphatic heterocycles. The van der Waals surface area contributed by atoms with Gasteiger partial charge in [-0.25, -0.2) is 4.98 Å². The van der Waals surface area contributed by atoms with E-state index in [0.717, 1.165) is 32.9 Å². The van der Waals surface area contributed by atoms with E-state index in [2.05, 4.69) is 39.2 Å². The van der Waals surface area contributed by atoms with Crippen LogP contribution in [-0.2, 0) is 5.75 Å². The van der Waals surface area contributed by atoms with Crippen molar-refractivity contribution in [1.29, 1.82) is 0 Å². The molecule has 2 heterocycles. The molecule has 30 heavy (non-hydrogen) atoms. The highest BCUT2D eigenvalue weighted by molar-refractivity contribution is 7.98. The number of thiazole rings is 1. The van der Waals surface area contributed by atoms with Gasteiger partial charge in [0, 0.05) is 16.7 Å². The predicted molar refractivity (Wildman–Crippen MR) is 121 cm³/mol. The summed E-state index contributed by atoms with van der Waals surface area (Å²) < 4.78 is 12.8. The Morgan fingerprint density at radius 1 is 1.00 bits per heavy atom. The molecule has 0 fully saturated rings. The highest BCUT2D eigenvalue weighted by Gasteiger charge is 2.15. The highest BCUT2D eigenvalue weighted by atomic mass is 32.2. The Balaban J connectivity index is 1.53. The van der Waals surface area contributed by atoms with Gasteiger partial charge in [0.2, 0.25) is 0 Å². The zero-order chi connectivity index (χ0) is 21.1. The van der Waals surface area contributed by atoms with Crippen molar-refractivity contribution < 1.29 is 9.47 Å². The standard InChI is InChI=1S/C22H22N4O2S2/c1-14-7-5-6-8-18(14)26-15(2)24-25-22(26)30-13-17-12-29-21(23-17)16-9-10-19(27-3)20(11-16)28-4/h5-12H,13H2,1-4H3. The summed E-state index contributed by atoms with van der Waals surface area (Å²) in [5.74, 6) is 2.99. The fourth-order valence-electron chi connectivity index (χ4n) is 3.14. The maximum Gasteiger partial charge on any atom is 0.196 e. The number of methoxy groups -OCH3 is 2. The maximum atomic E-state index is 5.41. The molecule has 0 spiro atoms. The van der Waals surface area contributed by atoms with Crippen molar-refractivity contribution in [1.82, 2.24) is 19.7 Å². The Morgan fingerprint density at radius 3 is 2.57 bits per heavy atom. The van der Waals surface area contributed by atoms with Crippen LogP contribution in [0.4, 0.5) is 0 Å². The lowest BCUT2D eigenvalue weighted by Crippen LogP contribution is -2.01. The van der Waals surface area contributed by atoms with Crippen molar-refractivity contribution >= 4 is 23.1 Å². The van der Waals surface area contributed by atoms with Crippen molar-refractivity contribution in [2.45, 2.75) is 24.8 Å². The molecule has 0 N–H and O–H groups in total. The number of aromatic nitrogens is 4. The number of para-hydroxylation sites is 1. The second-order valence-corrected chi connectivity index (χ2v) is 8.45. The minimum atomic E-state index is 0.697. The molecule has 2 aromatic carbocycles. The largest absolute Gasteiger partial charge is 0.493 e. The first-order chi connectivity index (χ1) is 14.6. The predicted octanol–water partition coefficient (Wildman–Crippen LogP) is 5.32. The molecule has 0 saturated carbocycles. The van der Waals surface area contributed by atoms with Crippen molar-refractivity contribution in [3.63, 3.8) is 0 Å². The van der Waals surface area contributed by atoms with Crippen molar-refractivity contribution in [3.8, 4) is 27.8 Å². The summed E-state index contributed by atoms with van der Waals surface area (Å²) in [6.07, 6.45) is 0. The summed E-state index contributed by atoms with van der Waals surface area (Å²) in [6.45, 7) is 4.07. The van der Waals surface area contributed by atoms with Gasteiger partial charge in [-0.1, -0.05) is 30.0 Å². The molecule has 2 aromatic heterocycles. The first kappa shape index (κ1) is 20.4. The van der Waals surface area contributed by atoms with Crippen LogP contribution < -0.4 is 9.47 Å². The van der Waals surface area contributed by atoms with E-state index in [4.69, 9.17) is 14.5 Å². The molecule has 0 amide bonds. The summed E-state index contributed by atoms with van der Waals surface area (Å²) in [4.78, 5) is 4.80. The number of ether oxygens (including phenoxy) is 2. The van der Waals surface area contributed by atoms with Crippen molar-refractivity contribution in [3.05, 3.63) is 64.9 Å². The zero-order valence-electron chi connectivity index (χ0n) is 17.2. The van der Waals surface area contributed by atoms with Gasteiger partial charge in [0.05, 0.1) is 25.6 Å². The highest BCUT2D eigenvalue weighted by Crippen LogP contribution is 2.34. The Morgan fingerprint density at radius 2 is 1.80 bits per heavy atom. The van der Waals surface area contributed by atoms with E-state index in [-0.39, 0.29) is 0 Å². The molecule has 6 nitrogen and oxygen atoms in total. The molecule has 0 unspecified atom stereocenters. The zero-order valence-corrected chi connectivity index (χ0v) is 18.9. The van der Waals surface area contributed by atoms with Crippen LogP contribution in [0.2, 0.25) is 0 Å². The van der Waals surface area contributed by atoms with E-state index in [9.17, 15) is 0 Å². The van der Waals surface area contributed by atoms with Gasteiger partial charge in [-0.15, -0.1) is 21.5 Å². The van der Waals surface area contributed by atoms with E-state index in [1.807, 2.05) is 37.3 Å². The lowest BCUT2D eigenvalue weighted by atomic mass is 10.2. The Kier molecular flexibility index (Phi) is 6.06. The van der Waals surface area contributed by atoms with E-state index in [1.165, 1.54) is 5.56 Å². The fourth-order valence-corrected chi connectivity index (χ4v) is 4.95. The average Bonchev–Trinajstić information content (AvgIpc) is 3.39. The minimum Gasteiger partial charge on any atom is -0.493 e. The van der Waals surface area contributed by atoms with Gasteiger partial charge in [-0.3, -0.25) is 4.57 Å². The van der Waals surface area contributed by atoms with Gasteiger partial charge in [0.15, 0.2) is 16.7 Å². The summed E-state index contributed by atoms with van der Waals surface area (Å²) in [6, 6.07) is 14.1. The number of rotatable bonds is 7. The smallest absolute Gasteiger partial charge is 0.196 e. The first-order valence-electron chi connectivity index (χ1n) is 9.38. The summed E-state index contributed by atoms with van der Waals surface area (Å²) >= 11 is 3.25. The SMILES string of the molecule is COc1ccc(-c2nc(CSc3nnc(C)n3-c3ccccc3C)cs2)cc1OC. The molecule has 154 valence electrons. The van der Waals surface area contributed by atoms with Gasteiger partial charge in [-0.2, -0.15) is 0 Å². The van der Waals surface area contributed by atoms with Crippen LogP contribution in [-0.4, -0.2) is 34.0 Å². The molecule has 0 saturated heterocycles. The number of benzene rings is 2. The summed E-state index contributed by atoms with van der Waals surface area (Å²) in [7, 11) is 3.27. The van der Waals surface area contributed by atoms with Gasteiger partial charge in [0.25, 0.3) is 0 Å². The van der Waals surface area contributed by atoms with Gasteiger partial charge in [-0.05, 0) is 43.7 Å². The van der Waals surface area contributed by atoms with Gasteiger partial charge in [0.1, 0.15) is 10.8 Å². The number of hydrogen-bond donors (Lipinski definition) is 0. The molecule has 8 heteroatoms. The molecule has 0 aliphatic rings.